The van der Waals surface area contributed by atoms with Crippen LogP contribution in [0.4, 0.5) is 5.69 Å². The summed E-state index contributed by atoms with van der Waals surface area (Å²) < 4.78 is 0. The number of anilines is 1. The number of aliphatic carboxylic acids is 1. The topological polar surface area (TPSA) is 73.7 Å². The average Bonchev–Trinajstić information content (AvgIpc) is 2.63. The first-order chi connectivity index (χ1) is 14.3. The minimum atomic E-state index is -0.810. The van der Waals surface area contributed by atoms with Gasteiger partial charge in [0, 0.05) is 36.1 Å². The van der Waals surface area contributed by atoms with Gasteiger partial charge in [0.15, 0.2) is 0 Å². The largest absolute Gasteiger partial charge is 0.481 e. The molecule has 0 saturated carbocycles. The molecule has 1 aliphatic heterocycles. The van der Waals surface area contributed by atoms with Gasteiger partial charge >= 0.3 is 5.97 Å². The van der Waals surface area contributed by atoms with Gasteiger partial charge in [-0.15, -0.1) is 0 Å². The number of benzene rings is 1. The Kier molecular flexibility index (Phi) is 7.87. The van der Waals surface area contributed by atoms with Crippen molar-refractivity contribution in [2.45, 2.75) is 73.3 Å². The van der Waals surface area contributed by atoms with Crippen LogP contribution >= 0.6 is 0 Å². The highest BCUT2D eigenvalue weighted by molar-refractivity contribution is 5.85. The zero-order valence-corrected chi connectivity index (χ0v) is 20.1. The van der Waals surface area contributed by atoms with E-state index in [-0.39, 0.29) is 6.42 Å². The average molecular weight is 427 g/mol. The van der Waals surface area contributed by atoms with E-state index in [1.807, 2.05) is 25.3 Å². The maximum Gasteiger partial charge on any atom is 0.307 e. The summed E-state index contributed by atoms with van der Waals surface area (Å²) in [4.78, 5) is 18.4. The number of carboxylic acid groups (broad SMARTS) is 1. The molecule has 0 radical (unpaired) electrons. The molecule has 0 unspecified atom stereocenters. The van der Waals surface area contributed by atoms with Crippen LogP contribution in [-0.4, -0.2) is 39.9 Å². The SMILES string of the molecule is CC(C)(C)O.Cc1ccccc1-c1cnc(C)c(CC(=O)O)c1N1CCC(C)(C)CC1. The van der Waals surface area contributed by atoms with Crippen LogP contribution in [-0.2, 0) is 11.2 Å². The summed E-state index contributed by atoms with van der Waals surface area (Å²) in [6.07, 6.45) is 4.13. The Labute approximate surface area is 187 Å². The highest BCUT2D eigenvalue weighted by Gasteiger charge is 2.29. The summed E-state index contributed by atoms with van der Waals surface area (Å²) >= 11 is 0. The third kappa shape index (κ3) is 7.35. The number of aliphatic hydroxyl groups is 1. The minimum Gasteiger partial charge on any atom is -0.481 e. The molecule has 5 heteroatoms. The number of aromatic nitrogens is 1. The second-order valence-corrected chi connectivity index (χ2v) is 10.3. The van der Waals surface area contributed by atoms with Gasteiger partial charge in [-0.05, 0) is 64.0 Å². The Hall–Kier alpha value is -2.40. The zero-order valence-electron chi connectivity index (χ0n) is 20.1. The van der Waals surface area contributed by atoms with Gasteiger partial charge in [0.05, 0.1) is 17.7 Å². The number of piperidine rings is 1. The van der Waals surface area contributed by atoms with Crippen molar-refractivity contribution >= 4 is 11.7 Å². The van der Waals surface area contributed by atoms with Crippen LogP contribution in [0.2, 0.25) is 0 Å². The molecular formula is C26H38N2O3. The number of aryl methyl sites for hydroxylation is 2. The molecule has 1 aromatic heterocycles. The molecule has 1 saturated heterocycles. The van der Waals surface area contributed by atoms with Crippen LogP contribution in [0.1, 0.15) is 64.3 Å². The second kappa shape index (κ2) is 9.82. The molecule has 0 atom stereocenters. The molecule has 5 nitrogen and oxygen atoms in total. The van der Waals surface area contributed by atoms with Gasteiger partial charge in [0.1, 0.15) is 0 Å². The van der Waals surface area contributed by atoms with E-state index in [0.29, 0.717) is 5.41 Å². The van der Waals surface area contributed by atoms with Crippen molar-refractivity contribution in [2.75, 3.05) is 18.0 Å². The van der Waals surface area contributed by atoms with Gasteiger partial charge < -0.3 is 15.1 Å². The first kappa shape index (κ1) is 24.9. The van der Waals surface area contributed by atoms with Gasteiger partial charge in [-0.25, -0.2) is 0 Å². The van der Waals surface area contributed by atoms with Crippen molar-refractivity contribution in [3.63, 3.8) is 0 Å². The smallest absolute Gasteiger partial charge is 0.307 e. The molecule has 0 aliphatic carbocycles. The van der Waals surface area contributed by atoms with Gasteiger partial charge in [0.2, 0.25) is 0 Å². The number of hydrogen-bond acceptors (Lipinski definition) is 4. The normalized spacial score (nSPS) is 15.8. The monoisotopic (exact) mass is 426 g/mol. The van der Waals surface area contributed by atoms with Crippen molar-refractivity contribution in [1.82, 2.24) is 4.98 Å². The van der Waals surface area contributed by atoms with Crippen LogP contribution in [0.25, 0.3) is 11.1 Å². The van der Waals surface area contributed by atoms with E-state index in [1.165, 1.54) is 5.56 Å². The molecule has 2 N–H and O–H groups in total. The first-order valence-corrected chi connectivity index (χ1v) is 11.0. The maximum atomic E-state index is 11.5. The molecule has 0 bridgehead atoms. The minimum absolute atomic E-state index is 0.00772. The Balaban J connectivity index is 0.000000614. The fourth-order valence-corrected chi connectivity index (χ4v) is 3.77. The lowest BCUT2D eigenvalue weighted by molar-refractivity contribution is -0.136. The Morgan fingerprint density at radius 3 is 2.16 bits per heavy atom. The van der Waals surface area contributed by atoms with Gasteiger partial charge in [-0.1, -0.05) is 38.1 Å². The van der Waals surface area contributed by atoms with Crippen molar-refractivity contribution < 1.29 is 15.0 Å². The van der Waals surface area contributed by atoms with E-state index in [0.717, 1.165) is 54.0 Å². The van der Waals surface area contributed by atoms with Crippen molar-refractivity contribution in [3.05, 3.63) is 47.3 Å². The van der Waals surface area contributed by atoms with E-state index in [9.17, 15) is 9.90 Å². The van der Waals surface area contributed by atoms with E-state index in [4.69, 9.17) is 5.11 Å². The molecule has 1 fully saturated rings. The molecular weight excluding hydrogens is 388 g/mol. The molecule has 1 aliphatic rings. The van der Waals surface area contributed by atoms with Crippen LogP contribution in [0, 0.1) is 19.3 Å². The molecule has 0 spiro atoms. The molecule has 2 heterocycles. The van der Waals surface area contributed by atoms with Gasteiger partial charge in [-0.3, -0.25) is 9.78 Å². The van der Waals surface area contributed by atoms with E-state index in [1.54, 1.807) is 20.8 Å². The molecule has 170 valence electrons. The summed E-state index contributed by atoms with van der Waals surface area (Å²) in [6.45, 7) is 15.7. The fourth-order valence-electron chi connectivity index (χ4n) is 3.77. The summed E-state index contributed by atoms with van der Waals surface area (Å²) in [7, 11) is 0. The van der Waals surface area contributed by atoms with E-state index >= 15 is 0 Å². The Bertz CT molecular complexity index is 897. The lowest BCUT2D eigenvalue weighted by Crippen LogP contribution is -2.38. The predicted molar refractivity (Wildman–Crippen MR) is 128 cm³/mol. The second-order valence-electron chi connectivity index (χ2n) is 10.3. The highest BCUT2D eigenvalue weighted by atomic mass is 16.4. The molecule has 1 aromatic carbocycles. The van der Waals surface area contributed by atoms with Crippen LogP contribution in [0.15, 0.2) is 30.5 Å². The van der Waals surface area contributed by atoms with Gasteiger partial charge in [0.25, 0.3) is 0 Å². The van der Waals surface area contributed by atoms with Crippen molar-refractivity contribution in [3.8, 4) is 11.1 Å². The maximum absolute atomic E-state index is 11.5. The summed E-state index contributed by atoms with van der Waals surface area (Å²) in [5.41, 5.74) is 5.91. The number of pyridine rings is 1. The van der Waals surface area contributed by atoms with E-state index in [2.05, 4.69) is 42.8 Å². The number of carboxylic acids is 1. The Morgan fingerprint density at radius 2 is 1.65 bits per heavy atom. The summed E-state index contributed by atoms with van der Waals surface area (Å²) in [6, 6.07) is 8.25. The third-order valence-corrected chi connectivity index (χ3v) is 5.56. The van der Waals surface area contributed by atoms with Crippen LogP contribution in [0.3, 0.4) is 0 Å². The lowest BCUT2D eigenvalue weighted by Gasteiger charge is -2.40. The summed E-state index contributed by atoms with van der Waals surface area (Å²) in [5, 5.41) is 18.0. The third-order valence-electron chi connectivity index (χ3n) is 5.56. The van der Waals surface area contributed by atoms with Crippen molar-refractivity contribution in [2.24, 2.45) is 5.41 Å². The van der Waals surface area contributed by atoms with Crippen LogP contribution in [0.5, 0.6) is 0 Å². The Morgan fingerprint density at radius 1 is 1.10 bits per heavy atom. The number of hydrogen-bond donors (Lipinski definition) is 2. The van der Waals surface area contributed by atoms with E-state index < -0.39 is 11.6 Å². The standard InChI is InChI=1S/C22H28N2O2.C4H10O/c1-15-7-5-6-8-17(15)19-14-23-16(2)18(13-20(25)26)21(19)24-11-9-22(3,4)10-12-24;1-4(2,3)5/h5-8,14H,9-13H2,1-4H3,(H,25,26);5H,1-3H3. The molecule has 2 aromatic rings. The number of carbonyl (C=O) groups is 1. The van der Waals surface area contributed by atoms with Crippen LogP contribution < -0.4 is 4.90 Å². The predicted octanol–water partition coefficient (Wildman–Crippen LogP) is 5.40. The molecule has 31 heavy (non-hydrogen) atoms. The highest BCUT2D eigenvalue weighted by Crippen LogP contribution is 2.40. The number of nitrogens with zero attached hydrogens (tertiary/aromatic N) is 2. The summed E-state index contributed by atoms with van der Waals surface area (Å²) in [5.74, 6) is -0.810. The van der Waals surface area contributed by atoms with Crippen molar-refractivity contribution in [1.29, 1.82) is 0 Å². The molecule has 0 amide bonds. The fraction of sp³-hybridized carbons (Fsp3) is 0.538. The van der Waals surface area contributed by atoms with Gasteiger partial charge in [-0.2, -0.15) is 0 Å². The quantitative estimate of drug-likeness (QED) is 0.685. The first-order valence-electron chi connectivity index (χ1n) is 11.0. The number of rotatable bonds is 4. The molecule has 3 rings (SSSR count). The lowest BCUT2D eigenvalue weighted by atomic mass is 9.82. The zero-order chi connectivity index (χ0) is 23.4.